The molecular formula is C20H27N3O3. The highest BCUT2D eigenvalue weighted by Crippen LogP contribution is 2.28. The van der Waals surface area contributed by atoms with E-state index in [1.165, 1.54) is 12.8 Å². The van der Waals surface area contributed by atoms with E-state index in [1.54, 1.807) is 4.90 Å². The number of fused-ring (bicyclic) bond motifs is 1. The zero-order valence-electron chi connectivity index (χ0n) is 15.2. The Hall–Kier alpha value is -1.92. The molecule has 1 N–H and O–H groups in total. The van der Waals surface area contributed by atoms with Crippen LogP contribution in [-0.2, 0) is 20.7 Å². The number of hydrogen-bond acceptors (Lipinski definition) is 4. The van der Waals surface area contributed by atoms with Gasteiger partial charge >= 0.3 is 0 Å². The van der Waals surface area contributed by atoms with Crippen LogP contribution in [-0.4, -0.2) is 61.6 Å². The van der Waals surface area contributed by atoms with Crippen molar-refractivity contribution in [2.75, 3.05) is 37.7 Å². The third-order valence-corrected chi connectivity index (χ3v) is 5.48. The lowest BCUT2D eigenvalue weighted by atomic mass is 10.1. The number of rotatable bonds is 5. The Morgan fingerprint density at radius 1 is 1.23 bits per heavy atom. The van der Waals surface area contributed by atoms with Gasteiger partial charge in [0.05, 0.1) is 12.7 Å². The Balaban J connectivity index is 1.33. The summed E-state index contributed by atoms with van der Waals surface area (Å²) in [4.78, 5) is 29.0. The highest BCUT2D eigenvalue weighted by molar-refractivity contribution is 5.99. The number of anilines is 1. The van der Waals surface area contributed by atoms with Gasteiger partial charge in [-0.2, -0.15) is 0 Å². The van der Waals surface area contributed by atoms with Crippen molar-refractivity contribution >= 4 is 17.5 Å². The molecule has 1 saturated carbocycles. The highest BCUT2D eigenvalue weighted by atomic mass is 16.5. The van der Waals surface area contributed by atoms with Crippen molar-refractivity contribution in [1.82, 2.24) is 10.2 Å². The smallest absolute Gasteiger partial charge is 0.240 e. The van der Waals surface area contributed by atoms with Gasteiger partial charge in [0, 0.05) is 37.8 Å². The monoisotopic (exact) mass is 357 g/mol. The number of hydrogen-bond donors (Lipinski definition) is 1. The van der Waals surface area contributed by atoms with Crippen molar-refractivity contribution in [1.29, 1.82) is 0 Å². The van der Waals surface area contributed by atoms with Crippen LogP contribution in [0.4, 0.5) is 5.69 Å². The van der Waals surface area contributed by atoms with Gasteiger partial charge in [-0.05, 0) is 37.3 Å². The first-order valence-electron chi connectivity index (χ1n) is 9.71. The molecule has 3 aliphatic rings. The summed E-state index contributed by atoms with van der Waals surface area (Å²) in [5.74, 6) is -0.0962. The summed E-state index contributed by atoms with van der Waals surface area (Å²) in [5.41, 5.74) is 2.01. The first-order valence-corrected chi connectivity index (χ1v) is 9.71. The molecule has 140 valence electrons. The minimum Gasteiger partial charge on any atom is -0.374 e. The Morgan fingerprint density at radius 3 is 2.92 bits per heavy atom. The normalized spacial score (nSPS) is 24.1. The summed E-state index contributed by atoms with van der Waals surface area (Å²) in [6.45, 7) is 3.19. The number of nitrogens with one attached hydrogen (secondary N) is 1. The van der Waals surface area contributed by atoms with Crippen molar-refractivity contribution in [3.8, 4) is 0 Å². The van der Waals surface area contributed by atoms with Gasteiger partial charge in [0.15, 0.2) is 0 Å². The van der Waals surface area contributed by atoms with Crippen LogP contribution >= 0.6 is 0 Å². The molecule has 2 heterocycles. The minimum atomic E-state index is -0.123. The third kappa shape index (κ3) is 4.07. The number of morpholine rings is 1. The quantitative estimate of drug-likeness (QED) is 0.864. The molecule has 1 aliphatic carbocycles. The summed E-state index contributed by atoms with van der Waals surface area (Å²) in [5, 5.41) is 2.97. The maximum atomic E-state index is 12.5. The van der Waals surface area contributed by atoms with Crippen LogP contribution in [0.15, 0.2) is 24.3 Å². The average Bonchev–Trinajstić information content (AvgIpc) is 3.50. The van der Waals surface area contributed by atoms with Crippen molar-refractivity contribution in [2.24, 2.45) is 0 Å². The molecule has 26 heavy (non-hydrogen) atoms. The second-order valence-corrected chi connectivity index (χ2v) is 7.49. The molecule has 1 aromatic carbocycles. The van der Waals surface area contributed by atoms with Gasteiger partial charge in [-0.15, -0.1) is 0 Å². The van der Waals surface area contributed by atoms with Gasteiger partial charge in [-0.3, -0.25) is 14.5 Å². The molecule has 1 aromatic rings. The summed E-state index contributed by atoms with van der Waals surface area (Å²) in [6.07, 6.45) is 4.82. The number of aryl methyl sites for hydroxylation is 1. The number of benzene rings is 1. The van der Waals surface area contributed by atoms with E-state index in [-0.39, 0.29) is 24.5 Å². The summed E-state index contributed by atoms with van der Waals surface area (Å²) in [6, 6.07) is 8.61. The summed E-state index contributed by atoms with van der Waals surface area (Å²) >= 11 is 0. The van der Waals surface area contributed by atoms with Crippen molar-refractivity contribution in [3.63, 3.8) is 0 Å². The largest absolute Gasteiger partial charge is 0.374 e. The van der Waals surface area contributed by atoms with E-state index in [1.807, 2.05) is 24.3 Å². The van der Waals surface area contributed by atoms with Gasteiger partial charge in [0.1, 0.15) is 6.54 Å². The fraction of sp³-hybridized carbons (Fsp3) is 0.600. The maximum Gasteiger partial charge on any atom is 0.240 e. The molecule has 0 bridgehead atoms. The lowest BCUT2D eigenvalue weighted by molar-refractivity contribution is -0.124. The van der Waals surface area contributed by atoms with Gasteiger partial charge < -0.3 is 15.0 Å². The molecule has 2 aliphatic heterocycles. The first-order chi connectivity index (χ1) is 12.7. The molecule has 1 atom stereocenters. The van der Waals surface area contributed by atoms with E-state index >= 15 is 0 Å². The molecule has 1 saturated heterocycles. The zero-order chi connectivity index (χ0) is 17.9. The van der Waals surface area contributed by atoms with Crippen LogP contribution in [0, 0.1) is 0 Å². The van der Waals surface area contributed by atoms with Gasteiger partial charge in [-0.1, -0.05) is 18.2 Å². The van der Waals surface area contributed by atoms with Crippen LogP contribution in [0.3, 0.4) is 0 Å². The van der Waals surface area contributed by atoms with Gasteiger partial charge in [0.2, 0.25) is 11.8 Å². The average molecular weight is 357 g/mol. The van der Waals surface area contributed by atoms with E-state index < -0.39 is 0 Å². The van der Waals surface area contributed by atoms with Crippen LogP contribution in [0.1, 0.15) is 31.2 Å². The Bertz CT molecular complexity index is 674. The van der Waals surface area contributed by atoms with E-state index in [4.69, 9.17) is 4.74 Å². The molecule has 6 heteroatoms. The second kappa shape index (κ2) is 7.76. The van der Waals surface area contributed by atoms with Crippen molar-refractivity contribution in [2.45, 2.75) is 44.2 Å². The number of nitrogens with zero attached hydrogens (tertiary/aromatic N) is 2. The lowest BCUT2D eigenvalue weighted by Crippen LogP contribution is -2.49. The Labute approximate surface area is 154 Å². The molecule has 0 spiro atoms. The Morgan fingerprint density at radius 2 is 2.08 bits per heavy atom. The molecule has 2 amide bonds. The van der Waals surface area contributed by atoms with Crippen molar-refractivity contribution in [3.05, 3.63) is 29.8 Å². The standard InChI is InChI=1S/C20H27N3O3/c24-19(21-12-17-13-22(10-11-26-17)16-8-9-16)14-23-18-6-2-1-4-15(18)5-3-7-20(23)25/h1-2,4,6,16-17H,3,5,7-14H2,(H,21,24)/t17-/m0/s1. The molecule has 0 radical (unpaired) electrons. The molecule has 0 unspecified atom stereocenters. The van der Waals surface area contributed by atoms with E-state index in [0.717, 1.165) is 49.8 Å². The third-order valence-electron chi connectivity index (χ3n) is 5.48. The number of carbonyl (C=O) groups excluding carboxylic acids is 2. The second-order valence-electron chi connectivity index (χ2n) is 7.49. The van der Waals surface area contributed by atoms with Gasteiger partial charge in [0.25, 0.3) is 0 Å². The van der Waals surface area contributed by atoms with Crippen LogP contribution in [0.2, 0.25) is 0 Å². The Kier molecular flexibility index (Phi) is 5.22. The number of carbonyl (C=O) groups is 2. The zero-order valence-corrected chi connectivity index (χ0v) is 15.2. The van der Waals surface area contributed by atoms with E-state index in [9.17, 15) is 9.59 Å². The fourth-order valence-corrected chi connectivity index (χ4v) is 3.92. The molecule has 6 nitrogen and oxygen atoms in total. The van der Waals surface area contributed by atoms with Crippen LogP contribution in [0.25, 0.3) is 0 Å². The predicted molar refractivity (Wildman–Crippen MR) is 99.1 cm³/mol. The van der Waals surface area contributed by atoms with Crippen LogP contribution < -0.4 is 10.2 Å². The number of amides is 2. The van der Waals surface area contributed by atoms with E-state index in [0.29, 0.717) is 13.0 Å². The van der Waals surface area contributed by atoms with Crippen LogP contribution in [0.5, 0.6) is 0 Å². The fourth-order valence-electron chi connectivity index (χ4n) is 3.92. The van der Waals surface area contributed by atoms with Crippen molar-refractivity contribution < 1.29 is 14.3 Å². The molecule has 2 fully saturated rings. The molecule has 0 aromatic heterocycles. The topological polar surface area (TPSA) is 61.9 Å². The molecular weight excluding hydrogens is 330 g/mol. The number of para-hydroxylation sites is 1. The summed E-state index contributed by atoms with van der Waals surface area (Å²) < 4.78 is 5.79. The molecule has 4 rings (SSSR count). The predicted octanol–water partition coefficient (Wildman–Crippen LogP) is 1.34. The maximum absolute atomic E-state index is 12.5. The minimum absolute atomic E-state index is 0.0268. The van der Waals surface area contributed by atoms with Gasteiger partial charge in [-0.25, -0.2) is 0 Å². The lowest BCUT2D eigenvalue weighted by Gasteiger charge is -2.33. The first kappa shape index (κ1) is 17.5. The summed E-state index contributed by atoms with van der Waals surface area (Å²) in [7, 11) is 0. The SMILES string of the molecule is O=C(CN1C(=O)CCCc2ccccc21)NC[C@H]1CN(C2CC2)CCO1. The van der Waals surface area contributed by atoms with E-state index in [2.05, 4.69) is 10.2 Å². The number of ether oxygens (including phenoxy) is 1. The highest BCUT2D eigenvalue weighted by Gasteiger charge is 2.33.